The number of piperazine rings is 1. The molecule has 3 rings (SSSR count). The first-order valence-electron chi connectivity index (χ1n) is 7.79. The highest BCUT2D eigenvalue weighted by Gasteiger charge is 2.34. The lowest BCUT2D eigenvalue weighted by molar-refractivity contribution is 0.146. The van der Waals surface area contributed by atoms with Crippen molar-refractivity contribution in [2.24, 2.45) is 0 Å². The summed E-state index contributed by atoms with van der Waals surface area (Å²) in [6.45, 7) is 2.33. The van der Waals surface area contributed by atoms with Gasteiger partial charge in [-0.15, -0.1) is 0 Å². The van der Waals surface area contributed by atoms with Crippen molar-refractivity contribution >= 4 is 40.5 Å². The summed E-state index contributed by atoms with van der Waals surface area (Å²) in [7, 11) is 1.71. The van der Waals surface area contributed by atoms with Gasteiger partial charge >= 0.3 is 0 Å². The van der Waals surface area contributed by atoms with E-state index in [1.54, 1.807) is 13.2 Å². The third kappa shape index (κ3) is 3.81. The van der Waals surface area contributed by atoms with Crippen LogP contribution in [0.15, 0.2) is 42.5 Å². The minimum absolute atomic E-state index is 0.0460. The average molecular weight is 386 g/mol. The van der Waals surface area contributed by atoms with Crippen LogP contribution in [-0.4, -0.2) is 32.8 Å². The predicted octanol–water partition coefficient (Wildman–Crippen LogP) is 4.81. The summed E-state index contributed by atoms with van der Waals surface area (Å²) in [6, 6.07) is 13.7. The Kier molecular flexibility index (Phi) is 5.90. The molecule has 2 atom stereocenters. The standard InChI is InChI=1S/C18H19Cl3N2O/c1-24-11-17-18(15-7-4-13(20)10-16(15)21)23(9-8-22-17)14-5-2-12(19)3-6-14/h2-7,10,17-18,22H,8-9,11H2,1H3/t17-,18+/m1/s1. The Labute approximate surface area is 157 Å². The number of anilines is 1. The van der Waals surface area contributed by atoms with Crippen LogP contribution in [0.3, 0.4) is 0 Å². The Bertz CT molecular complexity index is 691. The average Bonchev–Trinajstić information content (AvgIpc) is 2.56. The van der Waals surface area contributed by atoms with Gasteiger partial charge in [-0.1, -0.05) is 40.9 Å². The van der Waals surface area contributed by atoms with Crippen molar-refractivity contribution in [3.05, 3.63) is 63.1 Å². The summed E-state index contributed by atoms with van der Waals surface area (Å²) < 4.78 is 5.42. The Hall–Kier alpha value is -0.970. The molecule has 0 aromatic heterocycles. The van der Waals surface area contributed by atoms with Crippen LogP contribution in [-0.2, 0) is 4.74 Å². The third-order valence-electron chi connectivity index (χ3n) is 4.26. The zero-order valence-electron chi connectivity index (χ0n) is 13.3. The first-order valence-corrected chi connectivity index (χ1v) is 8.93. The van der Waals surface area contributed by atoms with Crippen LogP contribution in [0.25, 0.3) is 0 Å². The molecule has 1 aliphatic heterocycles. The molecule has 1 fully saturated rings. The summed E-state index contributed by atoms with van der Waals surface area (Å²) >= 11 is 18.6. The fourth-order valence-corrected chi connectivity index (χ4v) is 3.86. The summed E-state index contributed by atoms with van der Waals surface area (Å²) in [5.74, 6) is 0. The van der Waals surface area contributed by atoms with Gasteiger partial charge in [0.15, 0.2) is 0 Å². The zero-order valence-corrected chi connectivity index (χ0v) is 15.6. The molecule has 0 unspecified atom stereocenters. The smallest absolute Gasteiger partial charge is 0.0733 e. The summed E-state index contributed by atoms with van der Waals surface area (Å²) in [5, 5.41) is 5.56. The lowest BCUT2D eigenvalue weighted by Gasteiger charge is -2.44. The van der Waals surface area contributed by atoms with Crippen LogP contribution in [0, 0.1) is 0 Å². The van der Waals surface area contributed by atoms with Gasteiger partial charge in [-0.25, -0.2) is 0 Å². The maximum atomic E-state index is 6.51. The summed E-state index contributed by atoms with van der Waals surface area (Å²) in [5.41, 5.74) is 2.14. The normalized spacial score (nSPS) is 21.1. The number of ether oxygens (including phenoxy) is 1. The Morgan fingerprint density at radius 1 is 1.08 bits per heavy atom. The van der Waals surface area contributed by atoms with Crippen LogP contribution < -0.4 is 10.2 Å². The molecule has 3 nitrogen and oxygen atoms in total. The van der Waals surface area contributed by atoms with Crippen molar-refractivity contribution in [2.45, 2.75) is 12.1 Å². The number of hydrogen-bond acceptors (Lipinski definition) is 3. The van der Waals surface area contributed by atoms with E-state index in [0.29, 0.717) is 16.7 Å². The molecule has 0 radical (unpaired) electrons. The largest absolute Gasteiger partial charge is 0.383 e. The topological polar surface area (TPSA) is 24.5 Å². The van der Waals surface area contributed by atoms with Gasteiger partial charge in [-0.2, -0.15) is 0 Å². The molecule has 1 saturated heterocycles. The van der Waals surface area contributed by atoms with Crippen molar-refractivity contribution in [1.29, 1.82) is 0 Å². The van der Waals surface area contributed by atoms with Crippen LogP contribution >= 0.6 is 34.8 Å². The molecule has 0 bridgehead atoms. The quantitative estimate of drug-likeness (QED) is 0.817. The van der Waals surface area contributed by atoms with Gasteiger partial charge in [0.25, 0.3) is 0 Å². The molecule has 0 amide bonds. The van der Waals surface area contributed by atoms with Crippen molar-refractivity contribution in [1.82, 2.24) is 5.32 Å². The van der Waals surface area contributed by atoms with Gasteiger partial charge in [-0.05, 0) is 42.0 Å². The second-order valence-corrected chi connectivity index (χ2v) is 7.08. The van der Waals surface area contributed by atoms with Gasteiger partial charge in [0.05, 0.1) is 18.7 Å². The monoisotopic (exact) mass is 384 g/mol. The van der Waals surface area contributed by atoms with Crippen molar-refractivity contribution in [2.75, 3.05) is 31.7 Å². The molecule has 2 aromatic rings. The van der Waals surface area contributed by atoms with E-state index in [2.05, 4.69) is 10.2 Å². The van der Waals surface area contributed by atoms with Crippen molar-refractivity contribution < 1.29 is 4.74 Å². The van der Waals surface area contributed by atoms with E-state index in [9.17, 15) is 0 Å². The number of benzene rings is 2. The molecule has 0 spiro atoms. The van der Waals surface area contributed by atoms with Gasteiger partial charge in [0.1, 0.15) is 0 Å². The number of halogens is 3. The van der Waals surface area contributed by atoms with Gasteiger partial charge in [-0.3, -0.25) is 0 Å². The number of methoxy groups -OCH3 is 1. The molecular formula is C18H19Cl3N2O. The SMILES string of the molecule is COC[C@H]1NCCN(c2ccc(Cl)cc2)[C@H]1c1ccc(Cl)cc1Cl. The molecule has 0 saturated carbocycles. The number of nitrogens with zero attached hydrogens (tertiary/aromatic N) is 1. The van der Waals surface area contributed by atoms with E-state index in [4.69, 9.17) is 39.5 Å². The van der Waals surface area contributed by atoms with E-state index in [1.165, 1.54) is 0 Å². The molecular weight excluding hydrogens is 367 g/mol. The van der Waals surface area contributed by atoms with E-state index < -0.39 is 0 Å². The van der Waals surface area contributed by atoms with E-state index in [0.717, 1.165) is 29.4 Å². The highest BCUT2D eigenvalue weighted by atomic mass is 35.5. The fraction of sp³-hybridized carbons (Fsp3) is 0.333. The first-order chi connectivity index (χ1) is 11.6. The predicted molar refractivity (Wildman–Crippen MR) is 102 cm³/mol. The molecule has 128 valence electrons. The molecule has 0 aliphatic carbocycles. The van der Waals surface area contributed by atoms with Crippen LogP contribution in [0.4, 0.5) is 5.69 Å². The summed E-state index contributed by atoms with van der Waals surface area (Å²) in [4.78, 5) is 2.34. The minimum atomic E-state index is 0.0460. The Balaban J connectivity index is 2.03. The molecule has 1 N–H and O–H groups in total. The van der Waals surface area contributed by atoms with Crippen molar-refractivity contribution in [3.63, 3.8) is 0 Å². The number of hydrogen-bond donors (Lipinski definition) is 1. The van der Waals surface area contributed by atoms with Crippen LogP contribution in [0.2, 0.25) is 15.1 Å². The second-order valence-electron chi connectivity index (χ2n) is 5.80. The molecule has 2 aromatic carbocycles. The van der Waals surface area contributed by atoms with E-state index in [1.807, 2.05) is 36.4 Å². The number of rotatable bonds is 4. The minimum Gasteiger partial charge on any atom is -0.383 e. The summed E-state index contributed by atoms with van der Waals surface area (Å²) in [6.07, 6.45) is 0. The van der Waals surface area contributed by atoms with Gasteiger partial charge in [0, 0.05) is 41.0 Å². The maximum absolute atomic E-state index is 6.51. The van der Waals surface area contributed by atoms with Crippen molar-refractivity contribution in [3.8, 4) is 0 Å². The number of nitrogens with one attached hydrogen (secondary N) is 1. The lowest BCUT2D eigenvalue weighted by Crippen LogP contribution is -2.54. The van der Waals surface area contributed by atoms with E-state index >= 15 is 0 Å². The third-order valence-corrected chi connectivity index (χ3v) is 5.08. The maximum Gasteiger partial charge on any atom is 0.0733 e. The Morgan fingerprint density at radius 3 is 2.46 bits per heavy atom. The second kappa shape index (κ2) is 7.94. The highest BCUT2D eigenvalue weighted by Crippen LogP contribution is 2.36. The molecule has 24 heavy (non-hydrogen) atoms. The van der Waals surface area contributed by atoms with Crippen LogP contribution in [0.1, 0.15) is 11.6 Å². The fourth-order valence-electron chi connectivity index (χ4n) is 3.22. The molecule has 1 aliphatic rings. The first kappa shape index (κ1) is 17.8. The van der Waals surface area contributed by atoms with Gasteiger partial charge in [0.2, 0.25) is 0 Å². The molecule has 1 heterocycles. The zero-order chi connectivity index (χ0) is 17.1. The van der Waals surface area contributed by atoms with Crippen LogP contribution in [0.5, 0.6) is 0 Å². The lowest BCUT2D eigenvalue weighted by atomic mass is 9.95. The molecule has 6 heteroatoms. The van der Waals surface area contributed by atoms with E-state index in [-0.39, 0.29) is 12.1 Å². The van der Waals surface area contributed by atoms with Gasteiger partial charge < -0.3 is 15.0 Å². The Morgan fingerprint density at radius 2 is 1.79 bits per heavy atom. The highest BCUT2D eigenvalue weighted by molar-refractivity contribution is 6.35.